The number of benzene rings is 1. The van der Waals surface area contributed by atoms with Gasteiger partial charge in [0.15, 0.2) is 5.96 Å². The highest BCUT2D eigenvalue weighted by molar-refractivity contribution is 14.0. The fourth-order valence-electron chi connectivity index (χ4n) is 4.25. The van der Waals surface area contributed by atoms with Gasteiger partial charge in [-0.1, -0.05) is 43.2 Å². The highest BCUT2D eigenvalue weighted by Crippen LogP contribution is 2.14. The molecule has 6 heteroatoms. The maximum absolute atomic E-state index is 4.86. The fraction of sp³-hybridized carbons (Fsp3) is 0.696. The second kappa shape index (κ2) is 14.2. The molecule has 0 bridgehead atoms. The van der Waals surface area contributed by atoms with Crippen molar-refractivity contribution in [1.82, 2.24) is 20.4 Å². The minimum Gasteiger partial charge on any atom is -0.357 e. The number of aliphatic imine (C=N–C) groups is 1. The van der Waals surface area contributed by atoms with Crippen LogP contribution in [0, 0.1) is 0 Å². The van der Waals surface area contributed by atoms with Gasteiger partial charge in [0, 0.05) is 38.8 Å². The fourth-order valence-corrected chi connectivity index (χ4v) is 4.25. The first kappa shape index (κ1) is 24.4. The Morgan fingerprint density at radius 3 is 2.31 bits per heavy atom. The average molecular weight is 514 g/mol. The summed E-state index contributed by atoms with van der Waals surface area (Å²) in [5.41, 5.74) is 1.41. The van der Waals surface area contributed by atoms with Crippen LogP contribution in [0.25, 0.3) is 0 Å². The summed E-state index contributed by atoms with van der Waals surface area (Å²) >= 11 is 0. The second-order valence-corrected chi connectivity index (χ2v) is 8.20. The Labute approximate surface area is 194 Å². The van der Waals surface area contributed by atoms with Gasteiger partial charge in [-0.15, -0.1) is 24.0 Å². The number of halogens is 1. The largest absolute Gasteiger partial charge is 0.357 e. The van der Waals surface area contributed by atoms with Crippen molar-refractivity contribution in [2.24, 2.45) is 4.99 Å². The summed E-state index contributed by atoms with van der Waals surface area (Å²) in [6.07, 6.45) is 7.86. The molecule has 29 heavy (non-hydrogen) atoms. The summed E-state index contributed by atoms with van der Waals surface area (Å²) in [5.74, 6) is 0.999. The normalized spacial score (nSPS) is 20.0. The molecule has 3 rings (SSSR count). The van der Waals surface area contributed by atoms with Crippen LogP contribution < -0.4 is 10.6 Å². The van der Waals surface area contributed by atoms with E-state index in [1.165, 1.54) is 57.2 Å². The molecule has 2 aliphatic rings. The number of piperidine rings is 1. The molecule has 0 unspecified atom stereocenters. The summed E-state index contributed by atoms with van der Waals surface area (Å²) in [5, 5.41) is 7.12. The van der Waals surface area contributed by atoms with Crippen molar-refractivity contribution in [3.05, 3.63) is 35.9 Å². The molecule has 5 nitrogen and oxygen atoms in total. The van der Waals surface area contributed by atoms with E-state index in [2.05, 4.69) is 57.7 Å². The molecule has 0 radical (unpaired) electrons. The molecule has 1 aromatic rings. The van der Waals surface area contributed by atoms with E-state index in [1.54, 1.807) is 0 Å². The molecule has 0 amide bonds. The molecule has 2 heterocycles. The van der Waals surface area contributed by atoms with Gasteiger partial charge in [-0.05, 0) is 51.3 Å². The van der Waals surface area contributed by atoms with Crippen LogP contribution in [0.5, 0.6) is 0 Å². The number of hydrogen-bond donors (Lipinski definition) is 2. The molecule has 0 saturated carbocycles. The first-order chi connectivity index (χ1) is 13.8. The Balaban J connectivity index is 0.00000300. The van der Waals surface area contributed by atoms with E-state index in [0.717, 1.165) is 45.2 Å². The minimum atomic E-state index is 0. The first-order valence-electron chi connectivity index (χ1n) is 11.4. The second-order valence-electron chi connectivity index (χ2n) is 8.20. The average Bonchev–Trinajstić information content (AvgIpc) is 2.99. The molecule has 2 aliphatic heterocycles. The van der Waals surface area contributed by atoms with E-state index < -0.39 is 0 Å². The lowest BCUT2D eigenvalue weighted by Crippen LogP contribution is -2.48. The molecule has 2 fully saturated rings. The SMILES string of the molecule is CCNC(=NCCN1CCCCCC1)NC1CCN(Cc2ccccc2)CC1.I. The standard InChI is InChI=1S/C23H39N5.HI/c1-2-24-23(25-14-19-27-15-8-3-4-9-16-27)26-22-12-17-28(18-13-22)20-21-10-6-5-7-11-21;/h5-7,10-11,22H,2-4,8-9,12-20H2,1H3,(H2,24,25,26);1H. The summed E-state index contributed by atoms with van der Waals surface area (Å²) in [4.78, 5) is 10.0. The van der Waals surface area contributed by atoms with Crippen LogP contribution in [-0.2, 0) is 6.54 Å². The predicted octanol–water partition coefficient (Wildman–Crippen LogP) is 3.70. The molecule has 164 valence electrons. The number of guanidine groups is 1. The van der Waals surface area contributed by atoms with Crippen LogP contribution >= 0.6 is 24.0 Å². The number of nitrogens with zero attached hydrogens (tertiary/aromatic N) is 3. The molecule has 0 aliphatic carbocycles. The van der Waals surface area contributed by atoms with Crippen molar-refractivity contribution in [3.8, 4) is 0 Å². The van der Waals surface area contributed by atoms with Gasteiger partial charge in [0.25, 0.3) is 0 Å². The third-order valence-corrected chi connectivity index (χ3v) is 5.91. The molecule has 0 atom stereocenters. The smallest absolute Gasteiger partial charge is 0.191 e. The quantitative estimate of drug-likeness (QED) is 0.332. The van der Waals surface area contributed by atoms with Crippen LogP contribution in [0.4, 0.5) is 0 Å². The van der Waals surface area contributed by atoms with Gasteiger partial charge in [0.2, 0.25) is 0 Å². The van der Waals surface area contributed by atoms with Gasteiger partial charge in [-0.25, -0.2) is 0 Å². The van der Waals surface area contributed by atoms with Crippen molar-refractivity contribution >= 4 is 29.9 Å². The Bertz CT molecular complexity index is 564. The van der Waals surface area contributed by atoms with E-state index in [9.17, 15) is 0 Å². The van der Waals surface area contributed by atoms with E-state index in [-0.39, 0.29) is 24.0 Å². The van der Waals surface area contributed by atoms with Gasteiger partial charge >= 0.3 is 0 Å². The molecular weight excluding hydrogens is 473 g/mol. The number of likely N-dealkylation sites (tertiary alicyclic amines) is 2. The first-order valence-corrected chi connectivity index (χ1v) is 11.4. The molecule has 2 N–H and O–H groups in total. The summed E-state index contributed by atoms with van der Waals surface area (Å²) in [6, 6.07) is 11.3. The maximum atomic E-state index is 4.86. The third-order valence-electron chi connectivity index (χ3n) is 5.91. The van der Waals surface area contributed by atoms with Crippen molar-refractivity contribution in [2.75, 3.05) is 45.8 Å². The Kier molecular flexibility index (Phi) is 12.0. The third kappa shape index (κ3) is 9.22. The molecule has 0 spiro atoms. The van der Waals surface area contributed by atoms with Crippen molar-refractivity contribution in [1.29, 1.82) is 0 Å². The molecular formula is C23H40IN5. The molecule has 0 aromatic heterocycles. The van der Waals surface area contributed by atoms with E-state index in [1.807, 2.05) is 0 Å². The van der Waals surface area contributed by atoms with Crippen LogP contribution in [0.2, 0.25) is 0 Å². The van der Waals surface area contributed by atoms with Crippen molar-refractivity contribution < 1.29 is 0 Å². The topological polar surface area (TPSA) is 42.9 Å². The van der Waals surface area contributed by atoms with Crippen LogP contribution in [-0.4, -0.2) is 67.6 Å². The van der Waals surface area contributed by atoms with Gasteiger partial charge < -0.3 is 15.5 Å². The Morgan fingerprint density at radius 1 is 0.966 bits per heavy atom. The van der Waals surface area contributed by atoms with E-state index >= 15 is 0 Å². The Hall–Kier alpha value is -0.860. The van der Waals surface area contributed by atoms with Crippen molar-refractivity contribution in [3.63, 3.8) is 0 Å². The number of hydrogen-bond acceptors (Lipinski definition) is 3. The molecule has 1 aromatic carbocycles. The summed E-state index contributed by atoms with van der Waals surface area (Å²) < 4.78 is 0. The number of rotatable bonds is 7. The number of nitrogens with one attached hydrogen (secondary N) is 2. The lowest BCUT2D eigenvalue weighted by Gasteiger charge is -2.33. The monoisotopic (exact) mass is 513 g/mol. The zero-order valence-electron chi connectivity index (χ0n) is 18.1. The zero-order chi connectivity index (χ0) is 19.4. The predicted molar refractivity (Wildman–Crippen MR) is 134 cm³/mol. The van der Waals surface area contributed by atoms with Gasteiger partial charge in [-0.3, -0.25) is 9.89 Å². The van der Waals surface area contributed by atoms with Crippen LogP contribution in [0.1, 0.15) is 51.0 Å². The minimum absolute atomic E-state index is 0. The summed E-state index contributed by atoms with van der Waals surface area (Å²) in [6.45, 7) is 10.9. The maximum Gasteiger partial charge on any atom is 0.191 e. The van der Waals surface area contributed by atoms with Gasteiger partial charge in [0.05, 0.1) is 6.54 Å². The van der Waals surface area contributed by atoms with Crippen LogP contribution in [0.15, 0.2) is 35.3 Å². The molecule has 2 saturated heterocycles. The van der Waals surface area contributed by atoms with Crippen molar-refractivity contribution in [2.45, 2.75) is 58.0 Å². The van der Waals surface area contributed by atoms with E-state index in [0.29, 0.717) is 6.04 Å². The Morgan fingerprint density at radius 2 is 1.66 bits per heavy atom. The van der Waals surface area contributed by atoms with Gasteiger partial charge in [-0.2, -0.15) is 0 Å². The lowest BCUT2D eigenvalue weighted by molar-refractivity contribution is 0.198. The van der Waals surface area contributed by atoms with Gasteiger partial charge in [0.1, 0.15) is 0 Å². The van der Waals surface area contributed by atoms with Crippen LogP contribution in [0.3, 0.4) is 0 Å². The lowest BCUT2D eigenvalue weighted by atomic mass is 10.0. The summed E-state index contributed by atoms with van der Waals surface area (Å²) in [7, 11) is 0. The van der Waals surface area contributed by atoms with E-state index in [4.69, 9.17) is 4.99 Å². The highest BCUT2D eigenvalue weighted by atomic mass is 127. The zero-order valence-corrected chi connectivity index (χ0v) is 20.4. The highest BCUT2D eigenvalue weighted by Gasteiger charge is 2.20.